The number of rotatable bonds is 6. The lowest BCUT2D eigenvalue weighted by atomic mass is 9.80. The standard InChI is InChI=1S/C30H26INO4/c1-4-35-30(34)25-18(3)32-28-21-10-5-6-11-22(21)29(33)27(28)26(25)20-12-13-24(23(31)15-20)36-16-19-9-7-8-17(2)14-19/h5-15,26,32H,4,16H2,1-3H3/t26-/m0/s1. The minimum absolute atomic E-state index is 0.0674. The molecule has 0 saturated heterocycles. The molecule has 5 nitrogen and oxygen atoms in total. The van der Waals surface area contributed by atoms with Crippen LogP contribution in [0.3, 0.4) is 0 Å². The molecule has 2 aliphatic rings. The van der Waals surface area contributed by atoms with E-state index in [1.807, 2.05) is 61.5 Å². The normalized spacial score (nSPS) is 16.4. The summed E-state index contributed by atoms with van der Waals surface area (Å²) in [7, 11) is 0. The predicted octanol–water partition coefficient (Wildman–Crippen LogP) is 6.31. The van der Waals surface area contributed by atoms with Gasteiger partial charge in [0.15, 0.2) is 5.78 Å². The van der Waals surface area contributed by atoms with E-state index in [1.54, 1.807) is 6.92 Å². The van der Waals surface area contributed by atoms with Crippen LogP contribution in [0.2, 0.25) is 0 Å². The number of dihydropyridines is 1. The lowest BCUT2D eigenvalue weighted by molar-refractivity contribution is -0.138. The van der Waals surface area contributed by atoms with Gasteiger partial charge in [-0.25, -0.2) is 4.79 Å². The minimum Gasteiger partial charge on any atom is -0.488 e. The first-order valence-electron chi connectivity index (χ1n) is 11.9. The summed E-state index contributed by atoms with van der Waals surface area (Å²) < 4.78 is 12.4. The molecule has 6 heteroatoms. The van der Waals surface area contributed by atoms with E-state index in [-0.39, 0.29) is 12.4 Å². The van der Waals surface area contributed by atoms with Crippen LogP contribution in [-0.2, 0) is 16.1 Å². The number of nitrogens with one attached hydrogen (secondary N) is 1. The molecule has 0 aromatic heterocycles. The molecule has 0 spiro atoms. The zero-order valence-corrected chi connectivity index (χ0v) is 22.5. The molecule has 1 aliphatic heterocycles. The summed E-state index contributed by atoms with van der Waals surface area (Å²) in [6, 6.07) is 21.6. The monoisotopic (exact) mass is 591 g/mol. The van der Waals surface area contributed by atoms with E-state index in [1.165, 1.54) is 5.56 Å². The molecule has 0 saturated carbocycles. The number of esters is 1. The summed E-state index contributed by atoms with van der Waals surface area (Å²) in [5, 5.41) is 3.33. The molecular formula is C30H26INO4. The first-order valence-corrected chi connectivity index (χ1v) is 13.0. The number of aryl methyl sites for hydroxylation is 1. The van der Waals surface area contributed by atoms with Crippen LogP contribution in [0.1, 0.15) is 52.4 Å². The fourth-order valence-corrected chi connectivity index (χ4v) is 5.61. The Labute approximate surface area is 224 Å². The van der Waals surface area contributed by atoms with E-state index in [0.717, 1.165) is 31.7 Å². The van der Waals surface area contributed by atoms with Gasteiger partial charge in [-0.05, 0) is 66.6 Å². The number of ether oxygens (including phenoxy) is 2. The number of hydrogen-bond donors (Lipinski definition) is 1. The Morgan fingerprint density at radius 1 is 1.00 bits per heavy atom. The highest BCUT2D eigenvalue weighted by molar-refractivity contribution is 14.1. The quantitative estimate of drug-likeness (QED) is 0.269. The summed E-state index contributed by atoms with van der Waals surface area (Å²) in [5.41, 5.74) is 7.13. The van der Waals surface area contributed by atoms with Crippen LogP contribution in [0.5, 0.6) is 5.75 Å². The van der Waals surface area contributed by atoms with Crippen molar-refractivity contribution in [1.82, 2.24) is 5.32 Å². The number of hydrogen-bond acceptors (Lipinski definition) is 5. The molecule has 1 N–H and O–H groups in total. The van der Waals surface area contributed by atoms with Gasteiger partial charge in [0, 0.05) is 28.3 Å². The van der Waals surface area contributed by atoms with Crippen molar-refractivity contribution in [1.29, 1.82) is 0 Å². The first kappa shape index (κ1) is 24.3. The van der Waals surface area contributed by atoms with E-state index in [2.05, 4.69) is 47.0 Å². The molecule has 0 fully saturated rings. The molecule has 0 amide bonds. The summed E-state index contributed by atoms with van der Waals surface area (Å²) in [4.78, 5) is 26.7. The number of carbonyl (C=O) groups is 2. The van der Waals surface area contributed by atoms with E-state index >= 15 is 0 Å². The third-order valence-corrected chi connectivity index (χ3v) is 7.35. The number of fused-ring (bicyclic) bond motifs is 2. The fourth-order valence-electron chi connectivity index (χ4n) is 4.92. The van der Waals surface area contributed by atoms with Gasteiger partial charge in [-0.2, -0.15) is 0 Å². The lowest BCUT2D eigenvalue weighted by Crippen LogP contribution is -2.29. The Kier molecular flexibility index (Phi) is 6.71. The highest BCUT2D eigenvalue weighted by Crippen LogP contribution is 2.47. The molecular weight excluding hydrogens is 565 g/mol. The zero-order chi connectivity index (χ0) is 25.4. The number of halogens is 1. The fraction of sp³-hybridized carbons (Fsp3) is 0.200. The molecule has 1 aliphatic carbocycles. The SMILES string of the molecule is CCOC(=O)C1=C(C)NC2=C(C(=O)c3ccccc32)[C@H]1c1ccc(OCc2cccc(C)c2)c(I)c1. The Balaban J connectivity index is 1.54. The minimum atomic E-state index is -0.542. The van der Waals surface area contributed by atoms with Crippen molar-refractivity contribution in [3.63, 3.8) is 0 Å². The van der Waals surface area contributed by atoms with Crippen molar-refractivity contribution in [2.45, 2.75) is 33.3 Å². The number of Topliss-reactive ketones (excluding diaryl/α,β-unsaturated/α-hetero) is 1. The van der Waals surface area contributed by atoms with Gasteiger partial charge in [0.25, 0.3) is 0 Å². The topological polar surface area (TPSA) is 64.6 Å². The first-order chi connectivity index (χ1) is 17.4. The summed E-state index contributed by atoms with van der Waals surface area (Å²) >= 11 is 2.25. The van der Waals surface area contributed by atoms with E-state index in [0.29, 0.717) is 29.0 Å². The van der Waals surface area contributed by atoms with Crippen molar-refractivity contribution in [2.24, 2.45) is 0 Å². The smallest absolute Gasteiger partial charge is 0.336 e. The molecule has 1 atom stereocenters. The molecule has 3 aromatic rings. The van der Waals surface area contributed by atoms with Gasteiger partial charge in [0.1, 0.15) is 12.4 Å². The van der Waals surface area contributed by atoms with Crippen molar-refractivity contribution in [2.75, 3.05) is 6.61 Å². The second-order valence-electron chi connectivity index (χ2n) is 8.95. The maximum atomic E-state index is 13.6. The van der Waals surface area contributed by atoms with E-state index in [9.17, 15) is 9.59 Å². The van der Waals surface area contributed by atoms with E-state index in [4.69, 9.17) is 9.47 Å². The van der Waals surface area contributed by atoms with Crippen LogP contribution in [0.25, 0.3) is 5.70 Å². The van der Waals surface area contributed by atoms with Crippen LogP contribution in [0.15, 0.2) is 83.6 Å². The van der Waals surface area contributed by atoms with Gasteiger partial charge >= 0.3 is 5.97 Å². The third kappa shape index (κ3) is 4.34. The highest BCUT2D eigenvalue weighted by atomic mass is 127. The Hall–Kier alpha value is -3.39. The molecule has 36 heavy (non-hydrogen) atoms. The Morgan fingerprint density at radius 3 is 2.50 bits per heavy atom. The van der Waals surface area contributed by atoms with Gasteiger partial charge < -0.3 is 14.8 Å². The van der Waals surface area contributed by atoms with Crippen molar-refractivity contribution >= 4 is 40.0 Å². The van der Waals surface area contributed by atoms with Gasteiger partial charge in [-0.3, -0.25) is 4.79 Å². The maximum Gasteiger partial charge on any atom is 0.336 e. The Morgan fingerprint density at radius 2 is 1.78 bits per heavy atom. The van der Waals surface area contributed by atoms with Gasteiger partial charge in [-0.1, -0.05) is 60.2 Å². The van der Waals surface area contributed by atoms with Crippen LogP contribution < -0.4 is 10.1 Å². The van der Waals surface area contributed by atoms with Crippen LogP contribution in [-0.4, -0.2) is 18.4 Å². The van der Waals surface area contributed by atoms with Crippen LogP contribution >= 0.6 is 22.6 Å². The second kappa shape index (κ2) is 9.93. The average Bonchev–Trinajstić information content (AvgIpc) is 3.14. The van der Waals surface area contributed by atoms with Crippen LogP contribution in [0, 0.1) is 10.5 Å². The molecule has 0 bridgehead atoms. The molecule has 1 heterocycles. The van der Waals surface area contributed by atoms with Gasteiger partial charge in [0.05, 0.1) is 21.4 Å². The molecule has 182 valence electrons. The number of ketones is 1. The molecule has 0 unspecified atom stereocenters. The van der Waals surface area contributed by atoms with Crippen LogP contribution in [0.4, 0.5) is 0 Å². The second-order valence-corrected chi connectivity index (χ2v) is 10.1. The van der Waals surface area contributed by atoms with E-state index < -0.39 is 11.9 Å². The number of benzene rings is 3. The molecule has 0 radical (unpaired) electrons. The largest absolute Gasteiger partial charge is 0.488 e. The zero-order valence-electron chi connectivity index (χ0n) is 20.4. The Bertz CT molecular complexity index is 1450. The predicted molar refractivity (Wildman–Crippen MR) is 148 cm³/mol. The maximum absolute atomic E-state index is 13.6. The number of allylic oxidation sites excluding steroid dienone is 2. The van der Waals surface area contributed by atoms with Crippen molar-refractivity contribution < 1.29 is 19.1 Å². The summed E-state index contributed by atoms with van der Waals surface area (Å²) in [6.45, 7) is 6.41. The van der Waals surface area contributed by atoms with Crippen molar-refractivity contribution in [3.8, 4) is 5.75 Å². The molecule has 5 rings (SSSR count). The van der Waals surface area contributed by atoms with Gasteiger partial charge in [-0.15, -0.1) is 0 Å². The third-order valence-electron chi connectivity index (χ3n) is 6.51. The number of carbonyl (C=O) groups excluding carboxylic acids is 2. The highest BCUT2D eigenvalue weighted by Gasteiger charge is 2.43. The summed E-state index contributed by atoms with van der Waals surface area (Å²) in [6.07, 6.45) is 0. The van der Waals surface area contributed by atoms with Gasteiger partial charge in [0.2, 0.25) is 0 Å². The summed E-state index contributed by atoms with van der Waals surface area (Å²) in [5.74, 6) is -0.275. The van der Waals surface area contributed by atoms with Crippen molar-refractivity contribution in [3.05, 3.63) is 115 Å². The molecule has 3 aromatic carbocycles. The lowest BCUT2D eigenvalue weighted by Gasteiger charge is -2.29. The average molecular weight is 591 g/mol.